The average Bonchev–Trinajstić information content (AvgIpc) is 2.73. The lowest BCUT2D eigenvalue weighted by Crippen LogP contribution is -2.43. The SMILES string of the molecule is CC(C)(Cc1cc(Cl)cc(C=N)c1N)C1CCN(C(=O)Cc2ccc(F)c(Cl)c2)CC1. The number of nitrogens with zero attached hydrogens (tertiary/aromatic N) is 1. The third kappa shape index (κ3) is 5.58. The minimum Gasteiger partial charge on any atom is -0.398 e. The highest BCUT2D eigenvalue weighted by Gasteiger charge is 2.34. The molecule has 1 aliphatic heterocycles. The molecule has 166 valence electrons. The lowest BCUT2D eigenvalue weighted by atomic mass is 9.70. The van der Waals surface area contributed by atoms with E-state index in [9.17, 15) is 9.18 Å². The maximum atomic E-state index is 13.3. The van der Waals surface area contributed by atoms with Crippen LogP contribution in [0, 0.1) is 22.6 Å². The standard InChI is InChI=1S/C24H28Cl2FN3O/c1-24(2,13-16-11-19(25)12-17(14-28)23(16)29)18-5-7-30(8-6-18)22(31)10-15-3-4-21(27)20(26)9-15/h3-4,9,11-12,14,18,28H,5-8,10,13,29H2,1-2H3. The van der Waals surface area contributed by atoms with E-state index in [-0.39, 0.29) is 22.8 Å². The normalized spacial score (nSPS) is 15.2. The first-order valence-corrected chi connectivity index (χ1v) is 11.2. The second-order valence-corrected chi connectivity index (χ2v) is 9.80. The van der Waals surface area contributed by atoms with Gasteiger partial charge in [0.2, 0.25) is 5.91 Å². The second kappa shape index (κ2) is 9.58. The topological polar surface area (TPSA) is 70.2 Å². The number of likely N-dealkylation sites (tertiary alicyclic amines) is 1. The van der Waals surface area contributed by atoms with Gasteiger partial charge < -0.3 is 16.0 Å². The molecule has 0 spiro atoms. The maximum Gasteiger partial charge on any atom is 0.226 e. The number of carbonyl (C=O) groups excluding carboxylic acids is 1. The highest BCUT2D eigenvalue weighted by Crippen LogP contribution is 2.40. The van der Waals surface area contributed by atoms with Crippen LogP contribution in [-0.4, -0.2) is 30.1 Å². The molecule has 0 atom stereocenters. The Kier molecular flexibility index (Phi) is 7.28. The molecule has 0 aromatic heterocycles. The van der Waals surface area contributed by atoms with Crippen molar-refractivity contribution in [2.75, 3.05) is 18.8 Å². The van der Waals surface area contributed by atoms with Crippen molar-refractivity contribution in [3.8, 4) is 0 Å². The Balaban J connectivity index is 1.61. The van der Waals surface area contributed by atoms with Crippen LogP contribution in [0.3, 0.4) is 0 Å². The van der Waals surface area contributed by atoms with Gasteiger partial charge in [0.15, 0.2) is 0 Å². The van der Waals surface area contributed by atoms with Crippen molar-refractivity contribution in [2.45, 2.75) is 39.5 Å². The van der Waals surface area contributed by atoms with Gasteiger partial charge in [-0.05, 0) is 66.0 Å². The van der Waals surface area contributed by atoms with Crippen LogP contribution in [0.5, 0.6) is 0 Å². The molecule has 1 amide bonds. The van der Waals surface area contributed by atoms with Crippen molar-refractivity contribution in [3.63, 3.8) is 0 Å². The summed E-state index contributed by atoms with van der Waals surface area (Å²) in [5, 5.41) is 8.16. The number of halogens is 3. The lowest BCUT2D eigenvalue weighted by Gasteiger charge is -2.41. The number of nitrogen functional groups attached to an aromatic ring is 1. The number of carbonyl (C=O) groups is 1. The molecule has 0 radical (unpaired) electrons. The van der Waals surface area contributed by atoms with E-state index in [1.54, 1.807) is 12.1 Å². The zero-order chi connectivity index (χ0) is 22.8. The molecule has 1 saturated heterocycles. The molecular weight excluding hydrogens is 436 g/mol. The van der Waals surface area contributed by atoms with Crippen molar-refractivity contribution in [1.82, 2.24) is 4.90 Å². The van der Waals surface area contributed by atoms with E-state index in [0.29, 0.717) is 35.3 Å². The molecule has 1 heterocycles. The van der Waals surface area contributed by atoms with Gasteiger partial charge in [0.1, 0.15) is 5.82 Å². The summed E-state index contributed by atoms with van der Waals surface area (Å²) in [5.74, 6) is -0.0127. The van der Waals surface area contributed by atoms with Crippen molar-refractivity contribution < 1.29 is 9.18 Å². The minimum atomic E-state index is -0.478. The van der Waals surface area contributed by atoms with Crippen molar-refractivity contribution in [1.29, 1.82) is 5.41 Å². The predicted molar refractivity (Wildman–Crippen MR) is 126 cm³/mol. The monoisotopic (exact) mass is 463 g/mol. The molecule has 1 fully saturated rings. The number of amides is 1. The lowest BCUT2D eigenvalue weighted by molar-refractivity contribution is -0.132. The van der Waals surface area contributed by atoms with Gasteiger partial charge in [0.05, 0.1) is 11.4 Å². The van der Waals surface area contributed by atoms with Crippen LogP contribution in [0.1, 0.15) is 43.4 Å². The molecule has 0 bridgehead atoms. The molecule has 2 aromatic carbocycles. The van der Waals surface area contributed by atoms with Gasteiger partial charge in [-0.15, -0.1) is 0 Å². The largest absolute Gasteiger partial charge is 0.398 e. The Morgan fingerprint density at radius 3 is 2.55 bits per heavy atom. The van der Waals surface area contributed by atoms with Crippen LogP contribution in [0.15, 0.2) is 30.3 Å². The number of rotatable bonds is 6. The summed E-state index contributed by atoms with van der Waals surface area (Å²) >= 11 is 12.1. The molecule has 3 rings (SSSR count). The van der Waals surface area contributed by atoms with Gasteiger partial charge in [0.25, 0.3) is 0 Å². The van der Waals surface area contributed by atoms with E-state index in [0.717, 1.165) is 30.4 Å². The van der Waals surface area contributed by atoms with Crippen LogP contribution < -0.4 is 5.73 Å². The molecule has 0 aliphatic carbocycles. The summed E-state index contributed by atoms with van der Waals surface area (Å²) < 4.78 is 13.3. The number of hydrogen-bond donors (Lipinski definition) is 2. The summed E-state index contributed by atoms with van der Waals surface area (Å²) in [6.07, 6.45) is 4.02. The van der Waals surface area contributed by atoms with Crippen LogP contribution in [0.25, 0.3) is 0 Å². The fraction of sp³-hybridized carbons (Fsp3) is 0.417. The Bertz CT molecular complexity index is 985. The molecule has 0 saturated carbocycles. The molecule has 4 nitrogen and oxygen atoms in total. The molecular formula is C24H28Cl2FN3O. The highest BCUT2D eigenvalue weighted by atomic mass is 35.5. The Labute approximate surface area is 193 Å². The molecule has 0 unspecified atom stereocenters. The van der Waals surface area contributed by atoms with E-state index in [1.165, 1.54) is 18.3 Å². The first-order chi connectivity index (χ1) is 14.6. The fourth-order valence-electron chi connectivity index (χ4n) is 4.44. The van der Waals surface area contributed by atoms with Crippen molar-refractivity contribution in [3.05, 3.63) is 62.9 Å². The van der Waals surface area contributed by atoms with E-state index < -0.39 is 5.82 Å². The van der Waals surface area contributed by atoms with Crippen molar-refractivity contribution in [2.24, 2.45) is 11.3 Å². The number of piperidine rings is 1. The summed E-state index contributed by atoms with van der Waals surface area (Å²) in [4.78, 5) is 14.6. The van der Waals surface area contributed by atoms with E-state index in [4.69, 9.17) is 34.3 Å². The highest BCUT2D eigenvalue weighted by molar-refractivity contribution is 6.31. The molecule has 3 N–H and O–H groups in total. The minimum absolute atomic E-state index is 0.0300. The smallest absolute Gasteiger partial charge is 0.226 e. The zero-order valence-corrected chi connectivity index (χ0v) is 19.4. The summed E-state index contributed by atoms with van der Waals surface area (Å²) in [5.41, 5.74) is 9.16. The van der Waals surface area contributed by atoms with Gasteiger partial charge in [-0.25, -0.2) is 4.39 Å². The fourth-order valence-corrected chi connectivity index (χ4v) is 4.90. The Morgan fingerprint density at radius 1 is 1.26 bits per heavy atom. The first kappa shape index (κ1) is 23.6. The van der Waals surface area contributed by atoms with Crippen molar-refractivity contribution >= 4 is 41.0 Å². The number of benzene rings is 2. The Hall–Kier alpha value is -2.11. The molecule has 7 heteroatoms. The number of nitrogens with two attached hydrogens (primary N) is 1. The van der Waals surface area contributed by atoms with Crippen LogP contribution in [0.2, 0.25) is 10.0 Å². The average molecular weight is 464 g/mol. The predicted octanol–water partition coefficient (Wildman–Crippen LogP) is 5.76. The van der Waals surface area contributed by atoms with E-state index >= 15 is 0 Å². The third-order valence-corrected chi connectivity index (χ3v) is 6.86. The van der Waals surface area contributed by atoms with Crippen LogP contribution in [0.4, 0.5) is 10.1 Å². The third-order valence-electron chi connectivity index (χ3n) is 6.36. The van der Waals surface area contributed by atoms with Gasteiger partial charge >= 0.3 is 0 Å². The summed E-state index contributed by atoms with van der Waals surface area (Å²) in [7, 11) is 0. The zero-order valence-electron chi connectivity index (χ0n) is 17.9. The van der Waals surface area contributed by atoms with Crippen LogP contribution >= 0.6 is 23.2 Å². The maximum absolute atomic E-state index is 13.3. The number of hydrogen-bond acceptors (Lipinski definition) is 3. The van der Waals surface area contributed by atoms with Crippen LogP contribution in [-0.2, 0) is 17.6 Å². The van der Waals surface area contributed by atoms with E-state index in [2.05, 4.69) is 13.8 Å². The first-order valence-electron chi connectivity index (χ1n) is 10.4. The molecule has 2 aromatic rings. The summed E-state index contributed by atoms with van der Waals surface area (Å²) in [6.45, 7) is 5.83. The van der Waals surface area contributed by atoms with Gasteiger partial charge in [-0.3, -0.25) is 4.79 Å². The molecule has 1 aliphatic rings. The molecule has 31 heavy (non-hydrogen) atoms. The number of anilines is 1. The number of nitrogens with one attached hydrogen (secondary N) is 1. The van der Waals surface area contributed by atoms with E-state index in [1.807, 2.05) is 11.0 Å². The van der Waals surface area contributed by atoms with Gasteiger partial charge in [-0.1, -0.05) is 43.1 Å². The van der Waals surface area contributed by atoms with Gasteiger partial charge in [0, 0.05) is 35.6 Å². The Morgan fingerprint density at radius 2 is 1.94 bits per heavy atom. The second-order valence-electron chi connectivity index (χ2n) is 8.96. The summed E-state index contributed by atoms with van der Waals surface area (Å²) in [6, 6.07) is 8.01. The van der Waals surface area contributed by atoms with Gasteiger partial charge in [-0.2, -0.15) is 0 Å². The quantitative estimate of drug-likeness (QED) is 0.421.